The number of rotatable bonds is 6. The maximum Gasteiger partial charge on any atom is 0.220 e. The fourth-order valence-corrected chi connectivity index (χ4v) is 4.86. The number of fused-ring (bicyclic) bond motifs is 1. The first-order valence-electron chi connectivity index (χ1n) is 10.5. The molecule has 0 spiro atoms. The number of likely N-dealkylation sites (tertiary alicyclic amines) is 1. The fourth-order valence-electron chi connectivity index (χ4n) is 4.86. The van der Waals surface area contributed by atoms with E-state index in [2.05, 4.69) is 34.5 Å². The van der Waals surface area contributed by atoms with Gasteiger partial charge in [-0.25, -0.2) is 0 Å². The number of benzene rings is 1. The van der Waals surface area contributed by atoms with Gasteiger partial charge in [-0.05, 0) is 75.1 Å². The van der Waals surface area contributed by atoms with Crippen LogP contribution in [0.25, 0.3) is 0 Å². The Morgan fingerprint density at radius 1 is 1.12 bits per heavy atom. The zero-order chi connectivity index (χ0) is 17.8. The molecule has 2 fully saturated rings. The number of carbonyl (C=O) groups is 1. The number of hydrogen-bond donors (Lipinski definition) is 1. The Labute approximate surface area is 157 Å². The Bertz CT molecular complexity index is 579. The van der Waals surface area contributed by atoms with E-state index in [9.17, 15) is 4.79 Å². The summed E-state index contributed by atoms with van der Waals surface area (Å²) in [7, 11) is 0. The predicted octanol–water partition coefficient (Wildman–Crippen LogP) is 2.94. The third kappa shape index (κ3) is 4.47. The lowest BCUT2D eigenvalue weighted by molar-refractivity contribution is -0.122. The van der Waals surface area contributed by atoms with Crippen LogP contribution in [-0.4, -0.2) is 49.2 Å². The van der Waals surface area contributed by atoms with Gasteiger partial charge in [0.15, 0.2) is 0 Å². The van der Waals surface area contributed by atoms with Gasteiger partial charge in [-0.1, -0.05) is 24.3 Å². The molecule has 0 aromatic heterocycles. The Kier molecular flexibility index (Phi) is 5.91. The molecule has 0 bridgehead atoms. The maximum absolute atomic E-state index is 12.1. The molecule has 1 unspecified atom stereocenters. The van der Waals surface area contributed by atoms with Crippen LogP contribution in [0.15, 0.2) is 24.3 Å². The number of amides is 1. The molecule has 3 aliphatic rings. The van der Waals surface area contributed by atoms with Crippen LogP contribution in [0.5, 0.6) is 0 Å². The molecule has 2 heterocycles. The summed E-state index contributed by atoms with van der Waals surface area (Å²) in [4.78, 5) is 14.8. The van der Waals surface area contributed by atoms with Gasteiger partial charge >= 0.3 is 0 Å². The van der Waals surface area contributed by atoms with Gasteiger partial charge in [0.25, 0.3) is 0 Å². The number of piperidine rings is 1. The largest absolute Gasteiger partial charge is 0.376 e. The number of hydrogen-bond acceptors (Lipinski definition) is 3. The molecule has 26 heavy (non-hydrogen) atoms. The van der Waals surface area contributed by atoms with Gasteiger partial charge in [0.2, 0.25) is 5.91 Å². The third-order valence-corrected chi connectivity index (χ3v) is 6.53. The van der Waals surface area contributed by atoms with Gasteiger partial charge in [0, 0.05) is 25.6 Å². The minimum atomic E-state index is 0.203. The molecule has 1 amide bonds. The first-order valence-corrected chi connectivity index (χ1v) is 10.5. The van der Waals surface area contributed by atoms with Crippen LogP contribution in [0.1, 0.15) is 49.7 Å². The minimum absolute atomic E-state index is 0.203. The van der Waals surface area contributed by atoms with E-state index in [0.717, 1.165) is 25.9 Å². The van der Waals surface area contributed by atoms with E-state index in [0.29, 0.717) is 24.9 Å². The van der Waals surface area contributed by atoms with Crippen molar-refractivity contribution in [2.24, 2.45) is 5.92 Å². The zero-order valence-electron chi connectivity index (χ0n) is 15.8. The molecule has 1 aromatic carbocycles. The molecule has 1 aromatic rings. The molecule has 1 aliphatic carbocycles. The summed E-state index contributed by atoms with van der Waals surface area (Å²) in [5.74, 6) is 0.915. The first kappa shape index (κ1) is 18.0. The molecule has 0 radical (unpaired) electrons. The van der Waals surface area contributed by atoms with Crippen molar-refractivity contribution in [3.05, 3.63) is 35.4 Å². The highest BCUT2D eigenvalue weighted by Crippen LogP contribution is 2.29. The summed E-state index contributed by atoms with van der Waals surface area (Å²) in [5.41, 5.74) is 3.09. The summed E-state index contributed by atoms with van der Waals surface area (Å²) >= 11 is 0. The van der Waals surface area contributed by atoms with Crippen LogP contribution in [0, 0.1) is 5.92 Å². The molecule has 0 saturated carbocycles. The second kappa shape index (κ2) is 8.53. The second-order valence-electron chi connectivity index (χ2n) is 8.29. The SMILES string of the molecule is O=C(CCC1CCN(C2Cc3ccccc3C2)CC1)NCC1CCCO1. The Morgan fingerprint density at radius 3 is 2.50 bits per heavy atom. The average molecular weight is 357 g/mol. The van der Waals surface area contributed by atoms with Gasteiger partial charge in [0.05, 0.1) is 6.10 Å². The van der Waals surface area contributed by atoms with Gasteiger partial charge in [-0.3, -0.25) is 9.69 Å². The van der Waals surface area contributed by atoms with E-state index in [4.69, 9.17) is 4.74 Å². The van der Waals surface area contributed by atoms with Gasteiger partial charge in [-0.2, -0.15) is 0 Å². The topological polar surface area (TPSA) is 41.6 Å². The number of ether oxygens (including phenoxy) is 1. The highest BCUT2D eigenvalue weighted by atomic mass is 16.5. The maximum atomic E-state index is 12.1. The highest BCUT2D eigenvalue weighted by Gasteiger charge is 2.29. The number of carbonyl (C=O) groups excluding carboxylic acids is 1. The Hall–Kier alpha value is -1.39. The quantitative estimate of drug-likeness (QED) is 0.852. The smallest absolute Gasteiger partial charge is 0.220 e. The van der Waals surface area contributed by atoms with Crippen molar-refractivity contribution >= 4 is 5.91 Å². The third-order valence-electron chi connectivity index (χ3n) is 6.53. The summed E-state index contributed by atoms with van der Waals surface area (Å²) < 4.78 is 5.56. The Balaban J connectivity index is 1.14. The van der Waals surface area contributed by atoms with Crippen molar-refractivity contribution in [3.63, 3.8) is 0 Å². The molecule has 1 atom stereocenters. The van der Waals surface area contributed by atoms with Crippen LogP contribution < -0.4 is 5.32 Å². The van der Waals surface area contributed by atoms with Crippen LogP contribution in [0.2, 0.25) is 0 Å². The van der Waals surface area contributed by atoms with Crippen LogP contribution in [-0.2, 0) is 22.4 Å². The monoisotopic (exact) mass is 356 g/mol. The highest BCUT2D eigenvalue weighted by molar-refractivity contribution is 5.75. The summed E-state index contributed by atoms with van der Waals surface area (Å²) in [6.07, 6.45) is 9.09. The van der Waals surface area contributed by atoms with Crippen molar-refractivity contribution < 1.29 is 9.53 Å². The van der Waals surface area contributed by atoms with E-state index in [1.54, 1.807) is 11.1 Å². The minimum Gasteiger partial charge on any atom is -0.376 e. The molecule has 4 rings (SSSR count). The second-order valence-corrected chi connectivity index (χ2v) is 8.29. The van der Waals surface area contributed by atoms with Crippen molar-refractivity contribution in [1.82, 2.24) is 10.2 Å². The summed E-state index contributed by atoms with van der Waals surface area (Å²) in [6, 6.07) is 9.60. The Morgan fingerprint density at radius 2 is 1.85 bits per heavy atom. The first-order chi connectivity index (χ1) is 12.8. The van der Waals surface area contributed by atoms with Crippen molar-refractivity contribution in [2.45, 2.75) is 63.5 Å². The molecule has 1 N–H and O–H groups in total. The van der Waals surface area contributed by atoms with Crippen LogP contribution >= 0.6 is 0 Å². The van der Waals surface area contributed by atoms with E-state index < -0.39 is 0 Å². The number of nitrogens with one attached hydrogen (secondary N) is 1. The van der Waals surface area contributed by atoms with Gasteiger partial charge in [0.1, 0.15) is 0 Å². The molecule has 2 aliphatic heterocycles. The molecular formula is C22H32N2O2. The molecule has 4 nitrogen and oxygen atoms in total. The molecule has 4 heteroatoms. The summed E-state index contributed by atoms with van der Waals surface area (Å²) in [5, 5.41) is 3.05. The van der Waals surface area contributed by atoms with Crippen molar-refractivity contribution in [1.29, 1.82) is 0 Å². The van der Waals surface area contributed by atoms with Gasteiger partial charge in [-0.15, -0.1) is 0 Å². The van der Waals surface area contributed by atoms with E-state index >= 15 is 0 Å². The zero-order valence-corrected chi connectivity index (χ0v) is 15.8. The molecule has 142 valence electrons. The van der Waals surface area contributed by atoms with E-state index in [1.165, 1.54) is 38.8 Å². The van der Waals surface area contributed by atoms with Crippen LogP contribution in [0.3, 0.4) is 0 Å². The lowest BCUT2D eigenvalue weighted by atomic mass is 9.91. The average Bonchev–Trinajstić information content (AvgIpc) is 3.34. The fraction of sp³-hybridized carbons (Fsp3) is 0.682. The lowest BCUT2D eigenvalue weighted by Crippen LogP contribution is -2.42. The van der Waals surface area contributed by atoms with Crippen LogP contribution in [0.4, 0.5) is 0 Å². The molecular weight excluding hydrogens is 324 g/mol. The normalized spacial score (nSPS) is 24.7. The van der Waals surface area contributed by atoms with E-state index in [1.807, 2.05) is 0 Å². The standard InChI is InChI=1S/C22H32N2O2/c25-22(23-16-21-6-3-13-26-21)8-7-17-9-11-24(12-10-17)20-14-18-4-1-2-5-19(18)15-20/h1-2,4-5,17,20-21H,3,6-16H2,(H,23,25). The predicted molar refractivity (Wildman–Crippen MR) is 103 cm³/mol. The van der Waals surface area contributed by atoms with Gasteiger partial charge < -0.3 is 10.1 Å². The van der Waals surface area contributed by atoms with E-state index in [-0.39, 0.29) is 12.0 Å². The summed E-state index contributed by atoms with van der Waals surface area (Å²) in [6.45, 7) is 3.94. The van der Waals surface area contributed by atoms with Crippen molar-refractivity contribution in [3.8, 4) is 0 Å². The number of nitrogens with zero attached hydrogens (tertiary/aromatic N) is 1. The molecule has 2 saturated heterocycles. The lowest BCUT2D eigenvalue weighted by Gasteiger charge is -2.36. The van der Waals surface area contributed by atoms with Crippen molar-refractivity contribution in [2.75, 3.05) is 26.2 Å².